The normalized spacial score (nSPS) is 9.78. The van der Waals surface area contributed by atoms with Crippen molar-refractivity contribution in [1.29, 1.82) is 5.39 Å². The number of anilines is 1. The molecule has 0 N–H and O–H groups in total. The van der Waals surface area contributed by atoms with Gasteiger partial charge in [0.2, 0.25) is 5.39 Å². The van der Waals surface area contributed by atoms with Crippen LogP contribution in [0, 0.1) is 5.39 Å². The van der Waals surface area contributed by atoms with Gasteiger partial charge >= 0.3 is 5.69 Å². The minimum atomic E-state index is 0. The Labute approximate surface area is 153 Å². The van der Waals surface area contributed by atoms with Gasteiger partial charge in [0, 0.05) is 29.7 Å². The van der Waals surface area contributed by atoms with Gasteiger partial charge in [-0.1, -0.05) is 29.8 Å². The smallest absolute Gasteiger partial charge is 0.403 e. The number of halogens is 2. The van der Waals surface area contributed by atoms with Crippen LogP contribution in [0.2, 0.25) is 5.02 Å². The first-order valence-corrected chi connectivity index (χ1v) is 8.68. The third kappa shape index (κ3) is 5.95. The van der Waals surface area contributed by atoms with Crippen LogP contribution in [0.25, 0.3) is 4.98 Å². The maximum Gasteiger partial charge on any atom is 0.403 e. The Balaban J connectivity index is 0.00000264. The van der Waals surface area contributed by atoms with E-state index in [1.807, 2.05) is 30.0 Å². The summed E-state index contributed by atoms with van der Waals surface area (Å²) >= 11 is 7.96. The first kappa shape index (κ1) is 19.6. The molecule has 0 fully saturated rings. The molecule has 0 saturated carbocycles. The quantitative estimate of drug-likeness (QED) is 0.428. The Morgan fingerprint density at radius 1 is 1.17 bits per heavy atom. The fourth-order valence-electron chi connectivity index (χ4n) is 2.21. The molecule has 0 heterocycles. The zero-order valence-electron chi connectivity index (χ0n) is 13.0. The molecule has 2 aromatic carbocycles. The maximum absolute atomic E-state index is 8.81. The number of hydrogen-bond donors (Lipinski definition) is 0. The highest BCUT2D eigenvalue weighted by atomic mass is 35.5. The summed E-state index contributed by atoms with van der Waals surface area (Å²) in [7, 11) is 0. The van der Waals surface area contributed by atoms with Crippen LogP contribution in [-0.2, 0) is 0 Å². The van der Waals surface area contributed by atoms with Crippen molar-refractivity contribution in [3.63, 3.8) is 0 Å². The second kappa shape index (κ2) is 10.4. The average molecular weight is 368 g/mol. The van der Waals surface area contributed by atoms with E-state index in [2.05, 4.69) is 41.1 Å². The Morgan fingerprint density at radius 3 is 2.52 bits per heavy atom. The van der Waals surface area contributed by atoms with Crippen LogP contribution in [-0.4, -0.2) is 18.8 Å². The second-order valence-electron chi connectivity index (χ2n) is 4.83. The zero-order chi connectivity index (χ0) is 15.8. The van der Waals surface area contributed by atoms with E-state index in [4.69, 9.17) is 17.0 Å². The molecular formula is C17H19Cl2N3S. The van der Waals surface area contributed by atoms with Crippen LogP contribution < -0.4 is 17.3 Å². The van der Waals surface area contributed by atoms with E-state index in [0.29, 0.717) is 10.7 Å². The predicted octanol–water partition coefficient (Wildman–Crippen LogP) is 2.84. The summed E-state index contributed by atoms with van der Waals surface area (Å²) in [5.74, 6) is 1.08. The lowest BCUT2D eigenvalue weighted by Crippen LogP contribution is -3.00. The van der Waals surface area contributed by atoms with Gasteiger partial charge in [-0.15, -0.1) is 11.8 Å². The highest BCUT2D eigenvalue weighted by Crippen LogP contribution is 2.29. The lowest BCUT2D eigenvalue weighted by molar-refractivity contribution is -0.00000455. The van der Waals surface area contributed by atoms with E-state index in [0.717, 1.165) is 31.0 Å². The molecule has 0 amide bonds. The average Bonchev–Trinajstić information content (AvgIpc) is 2.56. The fourth-order valence-corrected chi connectivity index (χ4v) is 3.28. The highest BCUT2D eigenvalue weighted by molar-refractivity contribution is 7.99. The molecule has 0 aliphatic rings. The molecule has 23 heavy (non-hydrogen) atoms. The number of diazo groups is 1. The third-order valence-electron chi connectivity index (χ3n) is 3.37. The van der Waals surface area contributed by atoms with Gasteiger partial charge in [-0.3, -0.25) is 0 Å². The lowest BCUT2D eigenvalue weighted by atomic mass is 10.2. The summed E-state index contributed by atoms with van der Waals surface area (Å²) in [5.41, 5.74) is 1.46. The van der Waals surface area contributed by atoms with E-state index >= 15 is 0 Å². The number of rotatable bonds is 7. The molecule has 2 rings (SSSR count). The summed E-state index contributed by atoms with van der Waals surface area (Å²) < 4.78 is 0. The second-order valence-corrected chi connectivity index (χ2v) is 6.41. The summed E-state index contributed by atoms with van der Waals surface area (Å²) in [6.45, 7) is 4.02. The van der Waals surface area contributed by atoms with Crippen LogP contribution in [0.1, 0.15) is 13.3 Å². The first-order valence-electron chi connectivity index (χ1n) is 7.32. The monoisotopic (exact) mass is 367 g/mol. The van der Waals surface area contributed by atoms with Crippen LogP contribution in [0.5, 0.6) is 0 Å². The number of thioether (sulfide) groups is 1. The molecule has 122 valence electrons. The Kier molecular flexibility index (Phi) is 8.86. The molecule has 6 heteroatoms. The number of hydrogen-bond acceptors (Lipinski definition) is 3. The van der Waals surface area contributed by atoms with Crippen molar-refractivity contribution < 1.29 is 12.4 Å². The molecule has 0 aliphatic heterocycles. The Bertz CT molecular complexity index is 644. The van der Waals surface area contributed by atoms with Gasteiger partial charge in [0.1, 0.15) is 5.02 Å². The predicted molar refractivity (Wildman–Crippen MR) is 95.9 cm³/mol. The van der Waals surface area contributed by atoms with Gasteiger partial charge < -0.3 is 17.3 Å². The van der Waals surface area contributed by atoms with Crippen molar-refractivity contribution >= 4 is 34.7 Å². The standard InChI is InChI=1S/C17H19ClN3S.ClH/c1-2-21(14-9-10-17(20-19)16(18)13-14)11-6-12-22-15-7-4-3-5-8-15;/h3-5,7-10,13H,2,6,11-12H2,1H3;1H/q+1;/p-1. The Morgan fingerprint density at radius 2 is 1.91 bits per heavy atom. The molecule has 0 bridgehead atoms. The van der Waals surface area contributed by atoms with Crippen molar-refractivity contribution in [2.24, 2.45) is 0 Å². The molecule has 0 saturated heterocycles. The van der Waals surface area contributed by atoms with Gasteiger partial charge in [-0.25, -0.2) is 0 Å². The SMILES string of the molecule is CCN(CCCSc1ccccc1)c1ccc([N+]#N)c(Cl)c1.[Cl-]. The van der Waals surface area contributed by atoms with Gasteiger partial charge in [0.05, 0.1) is 0 Å². The van der Waals surface area contributed by atoms with Gasteiger partial charge in [-0.2, -0.15) is 0 Å². The van der Waals surface area contributed by atoms with E-state index in [1.54, 1.807) is 6.07 Å². The van der Waals surface area contributed by atoms with Crippen molar-refractivity contribution in [3.05, 3.63) is 58.5 Å². The largest absolute Gasteiger partial charge is 1.00 e. The third-order valence-corrected chi connectivity index (χ3v) is 4.77. The molecule has 2 aromatic rings. The molecule has 0 radical (unpaired) electrons. The van der Waals surface area contributed by atoms with Crippen molar-refractivity contribution in [1.82, 2.24) is 0 Å². The van der Waals surface area contributed by atoms with Gasteiger partial charge in [0.25, 0.3) is 0 Å². The molecule has 0 atom stereocenters. The van der Waals surface area contributed by atoms with Crippen LogP contribution in [0.4, 0.5) is 11.4 Å². The molecule has 0 aromatic heterocycles. The summed E-state index contributed by atoms with van der Waals surface area (Å²) in [6.07, 6.45) is 1.09. The van der Waals surface area contributed by atoms with Gasteiger partial charge in [0.15, 0.2) is 4.98 Å². The molecule has 0 aliphatic carbocycles. The Hall–Kier alpha value is -1.41. The van der Waals surface area contributed by atoms with Crippen molar-refractivity contribution in [2.75, 3.05) is 23.7 Å². The van der Waals surface area contributed by atoms with Crippen LogP contribution in [0.3, 0.4) is 0 Å². The van der Waals surface area contributed by atoms with E-state index < -0.39 is 0 Å². The minimum absolute atomic E-state index is 0. The first-order chi connectivity index (χ1) is 10.7. The summed E-state index contributed by atoms with van der Waals surface area (Å²) in [5, 5.41) is 9.28. The number of nitrogens with zero attached hydrogens (tertiary/aromatic N) is 3. The summed E-state index contributed by atoms with van der Waals surface area (Å²) in [4.78, 5) is 6.74. The van der Waals surface area contributed by atoms with Gasteiger partial charge in [-0.05, 0) is 43.4 Å². The van der Waals surface area contributed by atoms with Crippen molar-refractivity contribution in [2.45, 2.75) is 18.2 Å². The molecule has 0 spiro atoms. The number of benzene rings is 2. The zero-order valence-corrected chi connectivity index (χ0v) is 15.3. The van der Waals surface area contributed by atoms with E-state index in [1.165, 1.54) is 4.90 Å². The topological polar surface area (TPSA) is 31.4 Å². The van der Waals surface area contributed by atoms with Crippen molar-refractivity contribution in [3.8, 4) is 0 Å². The highest BCUT2D eigenvalue weighted by Gasteiger charge is 2.14. The fraction of sp³-hybridized carbons (Fsp3) is 0.294. The molecule has 3 nitrogen and oxygen atoms in total. The van der Waals surface area contributed by atoms with E-state index in [9.17, 15) is 0 Å². The lowest BCUT2D eigenvalue weighted by Gasteiger charge is -2.22. The van der Waals surface area contributed by atoms with Crippen LogP contribution in [0.15, 0.2) is 53.4 Å². The minimum Gasteiger partial charge on any atom is -1.00 e. The molecular weight excluding hydrogens is 349 g/mol. The van der Waals surface area contributed by atoms with E-state index in [-0.39, 0.29) is 12.4 Å². The summed E-state index contributed by atoms with van der Waals surface area (Å²) in [6, 6.07) is 16.0. The molecule has 0 unspecified atom stereocenters. The maximum atomic E-state index is 8.81. The van der Waals surface area contributed by atoms with Crippen LogP contribution >= 0.6 is 23.4 Å².